The van der Waals surface area contributed by atoms with Crippen molar-refractivity contribution in [3.05, 3.63) is 52.9 Å². The molecule has 2 aromatic rings. The number of nitrogens with one attached hydrogen (secondary N) is 1. The van der Waals surface area contributed by atoms with Gasteiger partial charge in [0.25, 0.3) is 5.91 Å². The molecule has 6 heteroatoms. The van der Waals surface area contributed by atoms with E-state index >= 15 is 0 Å². The molecule has 0 aliphatic rings. The monoisotopic (exact) mass is 272 g/mol. The van der Waals surface area contributed by atoms with Crippen LogP contribution in [0, 0.1) is 4.91 Å². The summed E-state index contributed by atoms with van der Waals surface area (Å²) in [5, 5.41) is 14.8. The fraction of sp³-hybridized carbons (Fsp3) is 0.0714. The Labute approximate surface area is 115 Å². The summed E-state index contributed by atoms with van der Waals surface area (Å²) in [7, 11) is 1.54. The zero-order chi connectivity index (χ0) is 14.5. The number of nitrogens with zero attached hydrogens (tertiary/aromatic N) is 1. The number of benzene rings is 2. The third-order valence-electron chi connectivity index (χ3n) is 2.70. The number of carbonyl (C=O) groups excluding carboxylic acids is 1. The Morgan fingerprint density at radius 1 is 1.20 bits per heavy atom. The first-order valence-corrected chi connectivity index (χ1v) is 5.76. The Hall–Kier alpha value is -2.89. The molecule has 0 aliphatic heterocycles. The number of phenols is 1. The van der Waals surface area contributed by atoms with E-state index < -0.39 is 5.91 Å². The molecule has 6 nitrogen and oxygen atoms in total. The molecule has 0 saturated heterocycles. The van der Waals surface area contributed by atoms with E-state index in [0.717, 1.165) is 0 Å². The number of anilines is 1. The normalized spacial score (nSPS) is 9.85. The highest BCUT2D eigenvalue weighted by atomic mass is 16.5. The van der Waals surface area contributed by atoms with Crippen molar-refractivity contribution in [1.29, 1.82) is 0 Å². The fourth-order valence-corrected chi connectivity index (χ4v) is 1.68. The van der Waals surface area contributed by atoms with Crippen LogP contribution in [-0.2, 0) is 0 Å². The van der Waals surface area contributed by atoms with Crippen LogP contribution in [0.4, 0.5) is 11.4 Å². The van der Waals surface area contributed by atoms with Crippen molar-refractivity contribution in [2.45, 2.75) is 0 Å². The van der Waals surface area contributed by atoms with Crippen molar-refractivity contribution < 1.29 is 14.6 Å². The maximum absolute atomic E-state index is 12.0. The number of carbonyl (C=O) groups is 1. The minimum Gasteiger partial charge on any atom is -0.506 e. The highest BCUT2D eigenvalue weighted by Crippen LogP contribution is 2.30. The van der Waals surface area contributed by atoms with Crippen LogP contribution < -0.4 is 10.1 Å². The molecular weight excluding hydrogens is 260 g/mol. The Kier molecular flexibility index (Phi) is 3.95. The molecule has 0 spiro atoms. The predicted molar refractivity (Wildman–Crippen MR) is 74.5 cm³/mol. The number of phenolic OH excluding ortho intramolecular Hbond substituents is 1. The van der Waals surface area contributed by atoms with E-state index in [1.807, 2.05) is 0 Å². The first kappa shape index (κ1) is 13.5. The van der Waals surface area contributed by atoms with Gasteiger partial charge in [-0.2, -0.15) is 0 Å². The molecule has 0 atom stereocenters. The van der Waals surface area contributed by atoms with E-state index in [1.54, 1.807) is 31.4 Å². The first-order valence-electron chi connectivity index (χ1n) is 5.76. The molecule has 0 unspecified atom stereocenters. The zero-order valence-electron chi connectivity index (χ0n) is 10.7. The molecule has 0 bridgehead atoms. The van der Waals surface area contributed by atoms with Gasteiger partial charge in [-0.1, -0.05) is 6.07 Å². The molecule has 20 heavy (non-hydrogen) atoms. The molecule has 1 amide bonds. The second-order valence-electron chi connectivity index (χ2n) is 3.95. The smallest absolute Gasteiger partial charge is 0.258 e. The number of nitroso groups, excluding NO2 is 1. The highest BCUT2D eigenvalue weighted by Gasteiger charge is 2.15. The second-order valence-corrected chi connectivity index (χ2v) is 3.95. The van der Waals surface area contributed by atoms with Crippen molar-refractivity contribution in [1.82, 2.24) is 0 Å². The Morgan fingerprint density at radius 2 is 1.90 bits per heavy atom. The lowest BCUT2D eigenvalue weighted by molar-refractivity contribution is 0.102. The van der Waals surface area contributed by atoms with Gasteiger partial charge in [-0.05, 0) is 41.6 Å². The number of methoxy groups -OCH3 is 1. The average molecular weight is 272 g/mol. The lowest BCUT2D eigenvalue weighted by Crippen LogP contribution is -2.12. The number of rotatable bonds is 4. The molecule has 0 aliphatic carbocycles. The summed E-state index contributed by atoms with van der Waals surface area (Å²) in [6.07, 6.45) is 0. The topological polar surface area (TPSA) is 88.0 Å². The molecule has 2 rings (SSSR count). The molecule has 0 aromatic heterocycles. The minimum atomic E-state index is -0.527. The van der Waals surface area contributed by atoms with E-state index in [9.17, 15) is 14.8 Å². The molecule has 2 aromatic carbocycles. The van der Waals surface area contributed by atoms with Crippen LogP contribution in [0.25, 0.3) is 0 Å². The second kappa shape index (κ2) is 5.83. The van der Waals surface area contributed by atoms with E-state index in [4.69, 9.17) is 4.74 Å². The third kappa shape index (κ3) is 2.74. The van der Waals surface area contributed by atoms with Gasteiger partial charge in [-0.15, -0.1) is 4.91 Å². The van der Waals surface area contributed by atoms with Crippen LogP contribution in [-0.4, -0.2) is 18.1 Å². The van der Waals surface area contributed by atoms with Gasteiger partial charge in [-0.3, -0.25) is 4.79 Å². The predicted octanol–water partition coefficient (Wildman–Crippen LogP) is 3.05. The van der Waals surface area contributed by atoms with Gasteiger partial charge in [0.05, 0.1) is 12.7 Å². The van der Waals surface area contributed by atoms with E-state index in [0.29, 0.717) is 11.4 Å². The number of amides is 1. The summed E-state index contributed by atoms with van der Waals surface area (Å²) < 4.78 is 5.01. The van der Waals surface area contributed by atoms with Gasteiger partial charge in [0, 0.05) is 5.69 Å². The summed E-state index contributed by atoms with van der Waals surface area (Å²) in [6, 6.07) is 10.9. The van der Waals surface area contributed by atoms with Gasteiger partial charge < -0.3 is 15.2 Å². The van der Waals surface area contributed by atoms with E-state index in [1.165, 1.54) is 18.2 Å². The largest absolute Gasteiger partial charge is 0.506 e. The first-order chi connectivity index (χ1) is 9.65. The minimum absolute atomic E-state index is 0.0100. The number of hydrogen-bond donors (Lipinski definition) is 2. The van der Waals surface area contributed by atoms with Crippen LogP contribution in [0.15, 0.2) is 47.6 Å². The van der Waals surface area contributed by atoms with Gasteiger partial charge in [-0.25, -0.2) is 0 Å². The molecule has 102 valence electrons. The van der Waals surface area contributed by atoms with Crippen LogP contribution >= 0.6 is 0 Å². The Bertz CT molecular complexity index is 638. The van der Waals surface area contributed by atoms with E-state index in [2.05, 4.69) is 10.5 Å². The van der Waals surface area contributed by atoms with Gasteiger partial charge in [0.2, 0.25) is 0 Å². The average Bonchev–Trinajstić information content (AvgIpc) is 2.47. The van der Waals surface area contributed by atoms with Gasteiger partial charge >= 0.3 is 0 Å². The molecule has 0 fully saturated rings. The number of aromatic hydroxyl groups is 1. The summed E-state index contributed by atoms with van der Waals surface area (Å²) in [5.74, 6) is -0.196. The zero-order valence-corrected chi connectivity index (χ0v) is 10.7. The molecule has 0 heterocycles. The number of ether oxygens (including phenoxy) is 1. The lowest BCUT2D eigenvalue weighted by atomic mass is 10.1. The SMILES string of the molecule is COc1ccc(NC(=O)c2cccc(O)c2N=O)cc1. The van der Waals surface area contributed by atoms with Crippen LogP contribution in [0.5, 0.6) is 11.5 Å². The van der Waals surface area contributed by atoms with Crippen LogP contribution in [0.2, 0.25) is 0 Å². The molecule has 0 saturated carbocycles. The van der Waals surface area contributed by atoms with Crippen molar-refractivity contribution in [3.8, 4) is 11.5 Å². The summed E-state index contributed by atoms with van der Waals surface area (Å²) >= 11 is 0. The number of hydrogen-bond acceptors (Lipinski definition) is 5. The molecule has 2 N–H and O–H groups in total. The molecule has 0 radical (unpaired) electrons. The maximum Gasteiger partial charge on any atom is 0.258 e. The molecular formula is C14H12N2O4. The third-order valence-corrected chi connectivity index (χ3v) is 2.70. The lowest BCUT2D eigenvalue weighted by Gasteiger charge is -2.08. The van der Waals surface area contributed by atoms with Gasteiger partial charge in [0.15, 0.2) is 5.69 Å². The van der Waals surface area contributed by atoms with Crippen molar-refractivity contribution in [3.63, 3.8) is 0 Å². The Balaban J connectivity index is 2.23. The van der Waals surface area contributed by atoms with E-state index in [-0.39, 0.29) is 17.0 Å². The summed E-state index contributed by atoms with van der Waals surface area (Å²) in [6.45, 7) is 0. The maximum atomic E-state index is 12.0. The highest BCUT2D eigenvalue weighted by molar-refractivity contribution is 6.08. The van der Waals surface area contributed by atoms with Crippen LogP contribution in [0.3, 0.4) is 0 Å². The van der Waals surface area contributed by atoms with Crippen LogP contribution in [0.1, 0.15) is 10.4 Å². The summed E-state index contributed by atoms with van der Waals surface area (Å²) in [4.78, 5) is 22.7. The fourth-order valence-electron chi connectivity index (χ4n) is 1.68. The standard InChI is InChI=1S/C14H12N2O4/c1-20-10-7-5-9(6-8-10)15-14(18)11-3-2-4-12(17)13(11)16-19/h2-8,17H,1H3,(H,15,18). The Morgan fingerprint density at radius 3 is 2.50 bits per heavy atom. The van der Waals surface area contributed by atoms with Crippen molar-refractivity contribution >= 4 is 17.3 Å². The summed E-state index contributed by atoms with van der Waals surface area (Å²) in [5.41, 5.74) is 0.269. The van der Waals surface area contributed by atoms with Crippen molar-refractivity contribution in [2.24, 2.45) is 5.18 Å². The van der Waals surface area contributed by atoms with Crippen molar-refractivity contribution in [2.75, 3.05) is 12.4 Å². The quantitative estimate of drug-likeness (QED) is 0.837. The van der Waals surface area contributed by atoms with Gasteiger partial charge in [0.1, 0.15) is 11.5 Å².